The lowest BCUT2D eigenvalue weighted by molar-refractivity contribution is 0.669. The molecule has 0 radical (unpaired) electrons. The van der Waals surface area contributed by atoms with Gasteiger partial charge in [0.2, 0.25) is 0 Å². The predicted octanol–water partition coefficient (Wildman–Crippen LogP) is 13.3. The Morgan fingerprint density at radius 1 is 0.327 bits per heavy atom. The van der Waals surface area contributed by atoms with E-state index in [0.717, 1.165) is 56.1 Å². The van der Waals surface area contributed by atoms with Gasteiger partial charge in [-0.05, 0) is 89.1 Å². The summed E-state index contributed by atoms with van der Waals surface area (Å²) in [7, 11) is 0. The highest BCUT2D eigenvalue weighted by Gasteiger charge is 2.22. The number of benzene rings is 8. The van der Waals surface area contributed by atoms with Crippen molar-refractivity contribution in [1.82, 2.24) is 0 Å². The largest absolute Gasteiger partial charge is 0.456 e. The number of furan rings is 1. The molecule has 0 unspecified atom stereocenters. The number of rotatable bonds is 7. The smallest absolute Gasteiger partial charge is 0.137 e. The normalized spacial score (nSPS) is 11.3. The summed E-state index contributed by atoms with van der Waals surface area (Å²) in [5.74, 6) is 0. The van der Waals surface area contributed by atoms with Crippen LogP contribution in [-0.4, -0.2) is 0 Å². The molecule has 9 aromatic rings. The van der Waals surface area contributed by atoms with Gasteiger partial charge in [0.15, 0.2) is 0 Å². The molecule has 8 aromatic carbocycles. The molecule has 0 amide bonds. The topological polar surface area (TPSA) is 19.6 Å². The van der Waals surface area contributed by atoms with Crippen LogP contribution in [0.1, 0.15) is 0 Å². The van der Waals surface area contributed by atoms with E-state index < -0.39 is 0 Å². The molecular weight excluding hydrogens is 597 g/mol. The molecular formula is C46H32N2O. The molecule has 1 aromatic heterocycles. The van der Waals surface area contributed by atoms with Gasteiger partial charge in [-0.25, -0.2) is 0 Å². The van der Waals surface area contributed by atoms with Crippen molar-refractivity contribution in [2.24, 2.45) is 0 Å². The number of hydrogen-bond donors (Lipinski definition) is 0. The summed E-state index contributed by atoms with van der Waals surface area (Å²) in [4.78, 5) is 4.70. The van der Waals surface area contributed by atoms with Gasteiger partial charge in [-0.2, -0.15) is 0 Å². The molecule has 3 heteroatoms. The first kappa shape index (κ1) is 28.6. The molecule has 0 spiro atoms. The van der Waals surface area contributed by atoms with Gasteiger partial charge in [-0.3, -0.25) is 0 Å². The first-order chi connectivity index (χ1) is 24.3. The summed E-state index contributed by atoms with van der Waals surface area (Å²) >= 11 is 0. The monoisotopic (exact) mass is 628 g/mol. The van der Waals surface area contributed by atoms with Gasteiger partial charge in [0.1, 0.15) is 11.2 Å². The Kier molecular flexibility index (Phi) is 7.14. The van der Waals surface area contributed by atoms with E-state index in [1.54, 1.807) is 0 Å². The standard InChI is InChI=1S/C46H32N2O/c1-4-16-34(17-5-1)45-39-22-11-10-15-33(39)27-32-42(45)48(36-20-8-3-9-21-36)38-30-28-37(29-31-38)47(35-18-6-2-7-19-35)41-24-14-26-44-46(41)40-23-12-13-25-43(40)49-44/h1-32H. The quantitative estimate of drug-likeness (QED) is 0.175. The van der Waals surface area contributed by atoms with E-state index in [2.05, 4.69) is 192 Å². The van der Waals surface area contributed by atoms with Crippen molar-refractivity contribution in [2.45, 2.75) is 0 Å². The molecule has 9 rings (SSSR count). The second kappa shape index (κ2) is 12.2. The zero-order chi connectivity index (χ0) is 32.6. The van der Waals surface area contributed by atoms with Crippen molar-refractivity contribution in [3.63, 3.8) is 0 Å². The Morgan fingerprint density at radius 3 is 1.51 bits per heavy atom. The van der Waals surface area contributed by atoms with Crippen LogP contribution in [0.2, 0.25) is 0 Å². The summed E-state index contributed by atoms with van der Waals surface area (Å²) < 4.78 is 6.31. The minimum Gasteiger partial charge on any atom is -0.456 e. The van der Waals surface area contributed by atoms with Crippen LogP contribution in [0.5, 0.6) is 0 Å². The Labute approximate surface area is 285 Å². The van der Waals surface area contributed by atoms with E-state index in [1.807, 2.05) is 12.1 Å². The van der Waals surface area contributed by atoms with E-state index in [4.69, 9.17) is 4.42 Å². The number of hydrogen-bond acceptors (Lipinski definition) is 3. The van der Waals surface area contributed by atoms with Crippen molar-refractivity contribution in [2.75, 3.05) is 9.80 Å². The molecule has 3 nitrogen and oxygen atoms in total. The third kappa shape index (κ3) is 5.09. The van der Waals surface area contributed by atoms with E-state index in [1.165, 1.54) is 21.9 Å². The number of fused-ring (bicyclic) bond motifs is 4. The van der Waals surface area contributed by atoms with E-state index in [0.29, 0.717) is 0 Å². The lowest BCUT2D eigenvalue weighted by Crippen LogP contribution is -2.13. The Balaban J connectivity index is 1.23. The average Bonchev–Trinajstić information content (AvgIpc) is 3.56. The summed E-state index contributed by atoms with van der Waals surface area (Å²) in [5, 5.41) is 4.64. The highest BCUT2D eigenvalue weighted by Crippen LogP contribution is 2.46. The third-order valence-corrected chi connectivity index (χ3v) is 9.23. The zero-order valence-electron chi connectivity index (χ0n) is 26.8. The summed E-state index contributed by atoms with van der Waals surface area (Å²) in [6.07, 6.45) is 0. The number of anilines is 6. The fraction of sp³-hybridized carbons (Fsp3) is 0. The Bertz CT molecular complexity index is 2540. The second-order valence-corrected chi connectivity index (χ2v) is 12.2. The second-order valence-electron chi connectivity index (χ2n) is 12.2. The van der Waals surface area contributed by atoms with Crippen LogP contribution < -0.4 is 9.80 Å². The molecule has 0 fully saturated rings. The maximum atomic E-state index is 6.31. The molecule has 0 N–H and O–H groups in total. The first-order valence-electron chi connectivity index (χ1n) is 16.6. The van der Waals surface area contributed by atoms with Crippen molar-refractivity contribution in [3.05, 3.63) is 194 Å². The van der Waals surface area contributed by atoms with Gasteiger partial charge in [-0.1, -0.05) is 121 Å². The van der Waals surface area contributed by atoms with E-state index >= 15 is 0 Å². The summed E-state index contributed by atoms with van der Waals surface area (Å²) in [6, 6.07) is 68.5. The van der Waals surface area contributed by atoms with Crippen LogP contribution in [0.3, 0.4) is 0 Å². The fourth-order valence-electron chi connectivity index (χ4n) is 7.06. The van der Waals surface area contributed by atoms with Crippen molar-refractivity contribution < 1.29 is 4.42 Å². The van der Waals surface area contributed by atoms with Crippen LogP contribution in [0.4, 0.5) is 34.1 Å². The van der Waals surface area contributed by atoms with Gasteiger partial charge in [0.05, 0.1) is 16.8 Å². The Morgan fingerprint density at radius 2 is 0.837 bits per heavy atom. The maximum Gasteiger partial charge on any atom is 0.137 e. The van der Waals surface area contributed by atoms with Crippen LogP contribution in [0.15, 0.2) is 199 Å². The summed E-state index contributed by atoms with van der Waals surface area (Å²) in [6.45, 7) is 0. The third-order valence-electron chi connectivity index (χ3n) is 9.23. The highest BCUT2D eigenvalue weighted by molar-refractivity contribution is 6.13. The SMILES string of the molecule is c1ccc(-c2c(N(c3ccccc3)c3ccc(N(c4ccccc4)c4cccc5oc6ccccc6c45)cc3)ccc3ccccc23)cc1. The van der Waals surface area contributed by atoms with Gasteiger partial charge in [0.25, 0.3) is 0 Å². The van der Waals surface area contributed by atoms with Crippen molar-refractivity contribution in [3.8, 4) is 11.1 Å². The van der Waals surface area contributed by atoms with Crippen molar-refractivity contribution in [1.29, 1.82) is 0 Å². The van der Waals surface area contributed by atoms with E-state index in [-0.39, 0.29) is 0 Å². The Hall–Kier alpha value is -6.58. The van der Waals surface area contributed by atoms with Gasteiger partial charge in [-0.15, -0.1) is 0 Å². The maximum absolute atomic E-state index is 6.31. The molecule has 1 heterocycles. The van der Waals surface area contributed by atoms with Gasteiger partial charge in [0, 0.05) is 33.7 Å². The molecule has 0 saturated carbocycles. The number of nitrogens with zero attached hydrogens (tertiary/aromatic N) is 2. The molecule has 0 aliphatic heterocycles. The molecule has 0 saturated heterocycles. The van der Waals surface area contributed by atoms with E-state index in [9.17, 15) is 0 Å². The van der Waals surface area contributed by atoms with Crippen LogP contribution >= 0.6 is 0 Å². The minimum absolute atomic E-state index is 0.872. The first-order valence-corrected chi connectivity index (χ1v) is 16.6. The van der Waals surface area contributed by atoms with Crippen LogP contribution in [0, 0.1) is 0 Å². The lowest BCUT2D eigenvalue weighted by atomic mass is 9.95. The summed E-state index contributed by atoms with van der Waals surface area (Å²) in [5.41, 5.74) is 10.6. The van der Waals surface area contributed by atoms with Gasteiger partial charge >= 0.3 is 0 Å². The van der Waals surface area contributed by atoms with Crippen LogP contribution in [0.25, 0.3) is 43.8 Å². The zero-order valence-corrected chi connectivity index (χ0v) is 26.8. The molecule has 232 valence electrons. The van der Waals surface area contributed by atoms with Crippen molar-refractivity contribution >= 4 is 66.8 Å². The number of para-hydroxylation sites is 3. The molecule has 0 bridgehead atoms. The lowest BCUT2D eigenvalue weighted by Gasteiger charge is -2.30. The minimum atomic E-state index is 0.872. The van der Waals surface area contributed by atoms with Gasteiger partial charge < -0.3 is 14.2 Å². The predicted molar refractivity (Wildman–Crippen MR) is 206 cm³/mol. The highest BCUT2D eigenvalue weighted by atomic mass is 16.3. The average molecular weight is 629 g/mol. The fourth-order valence-corrected chi connectivity index (χ4v) is 7.06. The van der Waals surface area contributed by atoms with Crippen LogP contribution in [-0.2, 0) is 0 Å². The molecule has 0 aliphatic rings. The molecule has 0 atom stereocenters. The molecule has 0 aliphatic carbocycles. The molecule has 49 heavy (non-hydrogen) atoms.